The van der Waals surface area contributed by atoms with Gasteiger partial charge in [-0.15, -0.1) is 0 Å². The normalized spacial score (nSPS) is 22.8. The van der Waals surface area contributed by atoms with Crippen LogP contribution in [-0.2, 0) is 0 Å². The highest BCUT2D eigenvalue weighted by atomic mass is 16.3. The second kappa shape index (κ2) is 6.02. The Bertz CT molecular complexity index is 631. The summed E-state index contributed by atoms with van der Waals surface area (Å²) in [5.74, 6) is 0.928. The Morgan fingerprint density at radius 1 is 1.33 bits per heavy atom. The van der Waals surface area contributed by atoms with E-state index in [2.05, 4.69) is 18.9 Å². The quantitative estimate of drug-likeness (QED) is 0.792. The summed E-state index contributed by atoms with van der Waals surface area (Å²) in [6.07, 6.45) is 6.62. The molecule has 0 amide bonds. The monoisotopic (exact) mass is 285 g/mol. The third kappa shape index (κ3) is 3.03. The smallest absolute Gasteiger partial charge is 0.180 e. The van der Waals surface area contributed by atoms with Crippen molar-refractivity contribution in [1.82, 2.24) is 4.90 Å². The number of para-hydroxylation sites is 1. The molecule has 1 saturated carbocycles. The van der Waals surface area contributed by atoms with Gasteiger partial charge in [0.25, 0.3) is 0 Å². The minimum Gasteiger partial charge on any atom is -0.464 e. The lowest BCUT2D eigenvalue weighted by atomic mass is 9.86. The van der Waals surface area contributed by atoms with E-state index in [1.165, 1.54) is 25.7 Å². The van der Waals surface area contributed by atoms with Crippen LogP contribution in [0.15, 0.2) is 34.9 Å². The Morgan fingerprint density at radius 3 is 2.95 bits per heavy atom. The number of hydrogen-bond acceptors (Lipinski definition) is 3. The van der Waals surface area contributed by atoms with Crippen molar-refractivity contribution < 1.29 is 9.21 Å². The number of fused-ring (bicyclic) bond motifs is 1. The predicted molar refractivity (Wildman–Crippen MR) is 84.6 cm³/mol. The SMILES string of the molecule is CC1CCCC(N(C)CC(=O)c2coc3ccccc23)C1. The van der Waals surface area contributed by atoms with Gasteiger partial charge in [0.2, 0.25) is 0 Å². The number of ketones is 1. The van der Waals surface area contributed by atoms with Crippen LogP contribution in [0.5, 0.6) is 0 Å². The van der Waals surface area contributed by atoms with E-state index in [1.807, 2.05) is 24.3 Å². The molecular formula is C18H23NO2. The summed E-state index contributed by atoms with van der Waals surface area (Å²) in [4.78, 5) is 14.8. The van der Waals surface area contributed by atoms with E-state index < -0.39 is 0 Å². The molecule has 1 aliphatic carbocycles. The first-order chi connectivity index (χ1) is 10.1. The Kier molecular flexibility index (Phi) is 4.11. The van der Waals surface area contributed by atoms with Crippen LogP contribution in [0.4, 0.5) is 0 Å². The molecule has 1 aromatic heterocycles. The van der Waals surface area contributed by atoms with E-state index in [0.717, 1.165) is 16.9 Å². The van der Waals surface area contributed by atoms with Gasteiger partial charge in [0.15, 0.2) is 5.78 Å². The zero-order chi connectivity index (χ0) is 14.8. The fourth-order valence-electron chi connectivity index (χ4n) is 3.44. The zero-order valence-corrected chi connectivity index (χ0v) is 12.8. The lowest BCUT2D eigenvalue weighted by Gasteiger charge is -2.33. The van der Waals surface area contributed by atoms with Crippen LogP contribution in [0.2, 0.25) is 0 Å². The van der Waals surface area contributed by atoms with Gasteiger partial charge in [-0.25, -0.2) is 0 Å². The standard InChI is InChI=1S/C18H23NO2/c1-13-6-5-7-14(10-13)19(2)11-17(20)16-12-21-18-9-4-3-8-15(16)18/h3-4,8-9,12-14H,5-7,10-11H2,1-2H3. The summed E-state index contributed by atoms with van der Waals surface area (Å²) in [7, 11) is 2.07. The lowest BCUT2D eigenvalue weighted by molar-refractivity contribution is 0.0883. The third-order valence-electron chi connectivity index (χ3n) is 4.71. The van der Waals surface area contributed by atoms with Crippen LogP contribution in [0.1, 0.15) is 43.0 Å². The Labute approximate surface area is 125 Å². The molecule has 1 fully saturated rings. The molecule has 1 aromatic carbocycles. The molecule has 3 heteroatoms. The van der Waals surface area contributed by atoms with Crippen LogP contribution < -0.4 is 0 Å². The molecule has 0 aliphatic heterocycles. The van der Waals surface area contributed by atoms with Gasteiger partial charge in [0, 0.05) is 11.4 Å². The number of furan rings is 1. The summed E-state index contributed by atoms with van der Waals surface area (Å²) >= 11 is 0. The number of Topliss-reactive ketones (excluding diaryl/α,β-unsaturated/α-hetero) is 1. The highest BCUT2D eigenvalue weighted by Crippen LogP contribution is 2.27. The van der Waals surface area contributed by atoms with Crippen molar-refractivity contribution in [2.24, 2.45) is 5.92 Å². The number of benzene rings is 1. The van der Waals surface area contributed by atoms with Crippen LogP contribution in [0.3, 0.4) is 0 Å². The van der Waals surface area contributed by atoms with E-state index in [-0.39, 0.29) is 5.78 Å². The minimum atomic E-state index is 0.153. The van der Waals surface area contributed by atoms with Crippen molar-refractivity contribution in [3.8, 4) is 0 Å². The van der Waals surface area contributed by atoms with Crippen LogP contribution in [0.25, 0.3) is 11.0 Å². The van der Waals surface area contributed by atoms with Crippen LogP contribution in [-0.4, -0.2) is 30.3 Å². The molecule has 3 nitrogen and oxygen atoms in total. The summed E-state index contributed by atoms with van der Waals surface area (Å²) in [5.41, 5.74) is 1.50. The first-order valence-electron chi connectivity index (χ1n) is 7.85. The van der Waals surface area contributed by atoms with Crippen molar-refractivity contribution in [3.05, 3.63) is 36.1 Å². The van der Waals surface area contributed by atoms with Gasteiger partial charge in [-0.05, 0) is 31.9 Å². The maximum absolute atomic E-state index is 12.6. The molecule has 3 rings (SSSR count). The molecule has 1 heterocycles. The molecule has 2 aromatic rings. The average Bonchev–Trinajstić information content (AvgIpc) is 2.91. The summed E-state index contributed by atoms with van der Waals surface area (Å²) < 4.78 is 5.47. The van der Waals surface area contributed by atoms with Crippen molar-refractivity contribution in [1.29, 1.82) is 0 Å². The second-order valence-corrected chi connectivity index (χ2v) is 6.41. The van der Waals surface area contributed by atoms with Gasteiger partial charge in [0.05, 0.1) is 12.1 Å². The first-order valence-corrected chi connectivity index (χ1v) is 7.85. The van der Waals surface area contributed by atoms with Crippen molar-refractivity contribution in [3.63, 3.8) is 0 Å². The van der Waals surface area contributed by atoms with E-state index >= 15 is 0 Å². The molecule has 0 spiro atoms. The number of nitrogens with zero attached hydrogens (tertiary/aromatic N) is 1. The highest BCUT2D eigenvalue weighted by Gasteiger charge is 2.24. The molecule has 2 atom stereocenters. The van der Waals surface area contributed by atoms with Crippen LogP contribution in [0, 0.1) is 5.92 Å². The zero-order valence-electron chi connectivity index (χ0n) is 12.8. The van der Waals surface area contributed by atoms with Crippen molar-refractivity contribution >= 4 is 16.8 Å². The summed E-state index contributed by atoms with van der Waals surface area (Å²) in [6, 6.07) is 8.26. The number of hydrogen-bond donors (Lipinski definition) is 0. The van der Waals surface area contributed by atoms with E-state index in [1.54, 1.807) is 6.26 Å². The van der Waals surface area contributed by atoms with Gasteiger partial charge >= 0.3 is 0 Å². The largest absolute Gasteiger partial charge is 0.464 e. The van der Waals surface area contributed by atoms with E-state index in [9.17, 15) is 4.79 Å². The van der Waals surface area contributed by atoms with Gasteiger partial charge < -0.3 is 4.42 Å². The Morgan fingerprint density at radius 2 is 2.14 bits per heavy atom. The predicted octanol–water partition coefficient (Wildman–Crippen LogP) is 4.13. The third-order valence-corrected chi connectivity index (χ3v) is 4.71. The lowest BCUT2D eigenvalue weighted by Crippen LogP contribution is -2.38. The van der Waals surface area contributed by atoms with E-state index in [0.29, 0.717) is 18.2 Å². The molecule has 0 saturated heterocycles. The maximum Gasteiger partial charge on any atom is 0.180 e. The first kappa shape index (κ1) is 14.3. The van der Waals surface area contributed by atoms with Crippen molar-refractivity contribution in [2.75, 3.05) is 13.6 Å². The Balaban J connectivity index is 1.71. The van der Waals surface area contributed by atoms with Gasteiger partial charge in [-0.3, -0.25) is 9.69 Å². The molecular weight excluding hydrogens is 262 g/mol. The highest BCUT2D eigenvalue weighted by molar-refractivity contribution is 6.08. The number of carbonyl (C=O) groups excluding carboxylic acids is 1. The molecule has 0 radical (unpaired) electrons. The van der Waals surface area contributed by atoms with Crippen LogP contribution >= 0.6 is 0 Å². The number of rotatable bonds is 4. The average molecular weight is 285 g/mol. The van der Waals surface area contributed by atoms with Gasteiger partial charge in [-0.2, -0.15) is 0 Å². The van der Waals surface area contributed by atoms with E-state index in [4.69, 9.17) is 4.42 Å². The Hall–Kier alpha value is -1.61. The molecule has 0 bridgehead atoms. The number of carbonyl (C=O) groups is 1. The summed E-state index contributed by atoms with van der Waals surface area (Å²) in [5, 5.41) is 0.924. The number of likely N-dealkylation sites (N-methyl/N-ethyl adjacent to an activating group) is 1. The maximum atomic E-state index is 12.6. The topological polar surface area (TPSA) is 33.5 Å². The van der Waals surface area contributed by atoms with Crippen molar-refractivity contribution in [2.45, 2.75) is 38.6 Å². The summed E-state index contributed by atoms with van der Waals surface area (Å²) in [6.45, 7) is 2.78. The van der Waals surface area contributed by atoms with Gasteiger partial charge in [-0.1, -0.05) is 38.0 Å². The molecule has 1 aliphatic rings. The minimum absolute atomic E-state index is 0.153. The van der Waals surface area contributed by atoms with Gasteiger partial charge in [0.1, 0.15) is 11.8 Å². The molecule has 112 valence electrons. The second-order valence-electron chi connectivity index (χ2n) is 6.41. The molecule has 21 heavy (non-hydrogen) atoms. The molecule has 2 unspecified atom stereocenters. The fourth-order valence-corrected chi connectivity index (χ4v) is 3.44. The molecule has 0 N–H and O–H groups in total. The fraction of sp³-hybridized carbons (Fsp3) is 0.500.